The molecule has 2 nitrogen and oxygen atoms in total. The highest BCUT2D eigenvalue weighted by atomic mass is 16.5. The smallest absolute Gasteiger partial charge is 0.138 e. The fourth-order valence-electron chi connectivity index (χ4n) is 0.993. The van der Waals surface area contributed by atoms with Crippen molar-refractivity contribution in [1.29, 1.82) is 0 Å². The molecule has 0 aromatic rings. The molecule has 0 fully saturated rings. The van der Waals surface area contributed by atoms with Crippen molar-refractivity contribution in [3.63, 3.8) is 0 Å². The number of ether oxygens (including phenoxy) is 1. The van der Waals surface area contributed by atoms with Crippen molar-refractivity contribution in [2.75, 3.05) is 0 Å². The lowest BCUT2D eigenvalue weighted by Gasteiger charge is -2.12. The molecule has 1 aliphatic rings. The van der Waals surface area contributed by atoms with Gasteiger partial charge in [0.2, 0.25) is 0 Å². The van der Waals surface area contributed by atoms with Crippen LogP contribution in [0.15, 0.2) is 35.8 Å². The van der Waals surface area contributed by atoms with Gasteiger partial charge in [0.1, 0.15) is 5.76 Å². The van der Waals surface area contributed by atoms with E-state index in [4.69, 9.17) is 10.5 Å². The van der Waals surface area contributed by atoms with Gasteiger partial charge in [0.25, 0.3) is 0 Å². The minimum Gasteiger partial charge on any atom is -0.489 e. The average molecular weight is 165 g/mol. The summed E-state index contributed by atoms with van der Waals surface area (Å²) in [6.45, 7) is 3.98. The van der Waals surface area contributed by atoms with Gasteiger partial charge in [0, 0.05) is 6.42 Å². The number of rotatable bonds is 2. The fraction of sp³-hybridized carbons (Fsp3) is 0.400. The van der Waals surface area contributed by atoms with Gasteiger partial charge in [0.15, 0.2) is 0 Å². The van der Waals surface area contributed by atoms with Crippen LogP contribution in [0.4, 0.5) is 0 Å². The van der Waals surface area contributed by atoms with Crippen molar-refractivity contribution in [3.05, 3.63) is 35.8 Å². The van der Waals surface area contributed by atoms with E-state index < -0.39 is 0 Å². The second kappa shape index (κ2) is 4.00. The van der Waals surface area contributed by atoms with Gasteiger partial charge in [-0.05, 0) is 19.9 Å². The van der Waals surface area contributed by atoms with E-state index in [2.05, 4.69) is 0 Å². The van der Waals surface area contributed by atoms with Gasteiger partial charge in [-0.2, -0.15) is 0 Å². The Balaban J connectivity index is 2.72. The van der Waals surface area contributed by atoms with Crippen LogP contribution in [0.3, 0.4) is 0 Å². The zero-order chi connectivity index (χ0) is 8.97. The summed E-state index contributed by atoms with van der Waals surface area (Å²) in [4.78, 5) is 0. The molecule has 0 amide bonds. The maximum atomic E-state index is 5.78. The van der Waals surface area contributed by atoms with Gasteiger partial charge >= 0.3 is 0 Å². The lowest BCUT2D eigenvalue weighted by molar-refractivity contribution is 0.154. The van der Waals surface area contributed by atoms with Crippen LogP contribution in [0.5, 0.6) is 0 Å². The maximum absolute atomic E-state index is 5.78. The third kappa shape index (κ3) is 2.46. The molecule has 0 aliphatic heterocycles. The first kappa shape index (κ1) is 8.91. The standard InChI is InChI=1S/C10H15NO/c1-8(2)12-10-7-5-3-4-6-9(10)11/h3-5,7-8H,6,11H2,1-2H3. The second-order valence-electron chi connectivity index (χ2n) is 3.05. The molecular formula is C10H15NO. The van der Waals surface area contributed by atoms with Gasteiger partial charge in [-0.3, -0.25) is 0 Å². The summed E-state index contributed by atoms with van der Waals surface area (Å²) < 4.78 is 5.51. The second-order valence-corrected chi connectivity index (χ2v) is 3.05. The SMILES string of the molecule is CC(C)OC1=C(N)CC=CC=C1. The van der Waals surface area contributed by atoms with Gasteiger partial charge in [-0.25, -0.2) is 0 Å². The normalized spacial score (nSPS) is 16.9. The highest BCUT2D eigenvalue weighted by Gasteiger charge is 2.03. The van der Waals surface area contributed by atoms with Crippen molar-refractivity contribution in [1.82, 2.24) is 0 Å². The van der Waals surface area contributed by atoms with Crippen LogP contribution in [-0.4, -0.2) is 6.10 Å². The Labute approximate surface area is 73.4 Å². The molecular weight excluding hydrogens is 150 g/mol. The summed E-state index contributed by atoms with van der Waals surface area (Å²) in [6, 6.07) is 0. The summed E-state index contributed by atoms with van der Waals surface area (Å²) in [5, 5.41) is 0. The van der Waals surface area contributed by atoms with Crippen LogP contribution in [0, 0.1) is 0 Å². The van der Waals surface area contributed by atoms with Crippen LogP contribution in [-0.2, 0) is 4.74 Å². The van der Waals surface area contributed by atoms with Crippen LogP contribution >= 0.6 is 0 Å². The lowest BCUT2D eigenvalue weighted by Crippen LogP contribution is -2.07. The van der Waals surface area contributed by atoms with E-state index in [-0.39, 0.29) is 6.10 Å². The lowest BCUT2D eigenvalue weighted by atomic mass is 10.3. The van der Waals surface area contributed by atoms with E-state index in [9.17, 15) is 0 Å². The zero-order valence-corrected chi connectivity index (χ0v) is 7.58. The Morgan fingerprint density at radius 2 is 2.17 bits per heavy atom. The van der Waals surface area contributed by atoms with Gasteiger partial charge in [-0.1, -0.05) is 18.2 Å². The van der Waals surface area contributed by atoms with E-state index in [0.29, 0.717) is 0 Å². The van der Waals surface area contributed by atoms with E-state index >= 15 is 0 Å². The average Bonchev–Trinajstić information content (AvgIpc) is 2.16. The van der Waals surface area contributed by atoms with Crippen molar-refractivity contribution >= 4 is 0 Å². The first-order valence-electron chi connectivity index (χ1n) is 4.18. The van der Waals surface area contributed by atoms with Crippen LogP contribution in [0.25, 0.3) is 0 Å². The largest absolute Gasteiger partial charge is 0.489 e. The topological polar surface area (TPSA) is 35.2 Å². The van der Waals surface area contributed by atoms with Gasteiger partial charge in [-0.15, -0.1) is 0 Å². The first-order chi connectivity index (χ1) is 5.70. The highest BCUT2D eigenvalue weighted by Crippen LogP contribution is 2.13. The molecule has 0 unspecified atom stereocenters. The third-order valence-electron chi connectivity index (χ3n) is 1.51. The number of allylic oxidation sites excluding steroid dienone is 4. The molecule has 2 heteroatoms. The summed E-state index contributed by atoms with van der Waals surface area (Å²) >= 11 is 0. The van der Waals surface area contributed by atoms with E-state index in [1.807, 2.05) is 38.2 Å². The Morgan fingerprint density at radius 1 is 1.42 bits per heavy atom. The summed E-state index contributed by atoms with van der Waals surface area (Å²) in [6.07, 6.45) is 8.79. The van der Waals surface area contributed by atoms with E-state index in [1.54, 1.807) is 0 Å². The number of nitrogens with two attached hydrogens (primary N) is 1. The molecule has 0 spiro atoms. The van der Waals surface area contributed by atoms with Gasteiger partial charge < -0.3 is 10.5 Å². The molecule has 0 aromatic heterocycles. The molecule has 12 heavy (non-hydrogen) atoms. The minimum atomic E-state index is 0.182. The monoisotopic (exact) mass is 165 g/mol. The molecule has 66 valence electrons. The molecule has 0 saturated carbocycles. The van der Waals surface area contributed by atoms with Crippen LogP contribution < -0.4 is 5.73 Å². The summed E-state index contributed by atoms with van der Waals surface area (Å²) in [7, 11) is 0. The zero-order valence-electron chi connectivity index (χ0n) is 7.58. The predicted molar refractivity (Wildman–Crippen MR) is 50.3 cm³/mol. The molecule has 1 aliphatic carbocycles. The number of hydrogen-bond donors (Lipinski definition) is 1. The van der Waals surface area contributed by atoms with Crippen LogP contribution in [0.1, 0.15) is 20.3 Å². The first-order valence-corrected chi connectivity index (χ1v) is 4.18. The Kier molecular flexibility index (Phi) is 2.97. The summed E-state index contributed by atoms with van der Waals surface area (Å²) in [5.74, 6) is 0.801. The maximum Gasteiger partial charge on any atom is 0.138 e. The molecule has 0 heterocycles. The van der Waals surface area contributed by atoms with E-state index in [0.717, 1.165) is 17.9 Å². The predicted octanol–water partition coefficient (Wildman–Crippen LogP) is 2.10. The Bertz CT molecular complexity index is 236. The molecule has 0 aromatic carbocycles. The van der Waals surface area contributed by atoms with Crippen molar-refractivity contribution in [2.45, 2.75) is 26.4 Å². The highest BCUT2D eigenvalue weighted by molar-refractivity contribution is 5.26. The van der Waals surface area contributed by atoms with E-state index in [1.165, 1.54) is 0 Å². The quantitative estimate of drug-likeness (QED) is 0.680. The fourth-order valence-corrected chi connectivity index (χ4v) is 0.993. The molecule has 2 N–H and O–H groups in total. The summed E-state index contributed by atoms with van der Waals surface area (Å²) in [5.41, 5.74) is 6.58. The third-order valence-corrected chi connectivity index (χ3v) is 1.51. The molecule has 0 bridgehead atoms. The van der Waals surface area contributed by atoms with Crippen LogP contribution in [0.2, 0.25) is 0 Å². The molecule has 0 saturated heterocycles. The Morgan fingerprint density at radius 3 is 2.83 bits per heavy atom. The number of hydrogen-bond acceptors (Lipinski definition) is 2. The molecule has 0 radical (unpaired) electrons. The minimum absolute atomic E-state index is 0.182. The van der Waals surface area contributed by atoms with Crippen molar-refractivity contribution in [2.24, 2.45) is 5.73 Å². The van der Waals surface area contributed by atoms with Crippen molar-refractivity contribution < 1.29 is 4.74 Å². The Hall–Kier alpha value is -1.18. The molecule has 0 atom stereocenters. The molecule has 1 rings (SSSR count). The van der Waals surface area contributed by atoms with Gasteiger partial charge in [0.05, 0.1) is 11.8 Å². The van der Waals surface area contributed by atoms with Crippen molar-refractivity contribution in [3.8, 4) is 0 Å².